The van der Waals surface area contributed by atoms with Gasteiger partial charge in [-0.05, 0) is 18.0 Å². The molecule has 1 N–H and O–H groups in total. The third-order valence-electron chi connectivity index (χ3n) is 3.76. The summed E-state index contributed by atoms with van der Waals surface area (Å²) in [6.45, 7) is 1.82. The van der Waals surface area contributed by atoms with Crippen LogP contribution in [0.3, 0.4) is 0 Å². The number of halogens is 2. The van der Waals surface area contributed by atoms with Crippen molar-refractivity contribution in [1.29, 1.82) is 0 Å². The molecule has 1 aliphatic rings. The molecule has 24 heavy (non-hydrogen) atoms. The Morgan fingerprint density at radius 1 is 1.50 bits per heavy atom. The second kappa shape index (κ2) is 6.58. The Morgan fingerprint density at radius 2 is 2.25 bits per heavy atom. The fraction of sp³-hybridized carbons (Fsp3) is 0.571. The molecular weight excluding hydrogens is 339 g/mol. The van der Waals surface area contributed by atoms with E-state index in [0.29, 0.717) is 17.6 Å². The lowest BCUT2D eigenvalue weighted by molar-refractivity contribution is -0.0238. The van der Waals surface area contributed by atoms with Gasteiger partial charge in [0.2, 0.25) is 5.28 Å². The first kappa shape index (κ1) is 17.0. The third-order valence-corrected chi connectivity index (χ3v) is 3.93. The van der Waals surface area contributed by atoms with Crippen molar-refractivity contribution in [2.75, 3.05) is 14.1 Å². The molecule has 10 heteroatoms. The minimum absolute atomic E-state index is 0.0313. The lowest BCUT2D eigenvalue weighted by atomic mass is 10.1. The van der Waals surface area contributed by atoms with Gasteiger partial charge in [0.15, 0.2) is 29.4 Å². The van der Waals surface area contributed by atoms with Crippen molar-refractivity contribution in [1.82, 2.24) is 24.4 Å². The summed E-state index contributed by atoms with van der Waals surface area (Å²) in [5.74, 6) is 0.276. The van der Waals surface area contributed by atoms with E-state index in [-0.39, 0.29) is 11.1 Å². The molecule has 0 bridgehead atoms. The lowest BCUT2D eigenvalue weighted by Crippen LogP contribution is -2.27. The minimum Gasteiger partial charge on any atom is -0.387 e. The maximum absolute atomic E-state index is 14.4. The largest absolute Gasteiger partial charge is 0.387 e. The summed E-state index contributed by atoms with van der Waals surface area (Å²) < 4.78 is 21.5. The van der Waals surface area contributed by atoms with Gasteiger partial charge in [-0.1, -0.05) is 6.92 Å². The Bertz CT molecular complexity index is 767. The molecule has 0 aliphatic carbocycles. The molecule has 1 fully saturated rings. The van der Waals surface area contributed by atoms with E-state index in [9.17, 15) is 9.50 Å². The lowest BCUT2D eigenvalue weighted by Gasteiger charge is -2.15. The monoisotopic (exact) mass is 356 g/mol. The number of aliphatic imine (C=N–C) groups is 1. The Labute approximate surface area is 143 Å². The van der Waals surface area contributed by atoms with Crippen LogP contribution in [0.2, 0.25) is 5.28 Å². The fourth-order valence-electron chi connectivity index (χ4n) is 2.59. The minimum atomic E-state index is -1.59. The van der Waals surface area contributed by atoms with E-state index in [0.717, 1.165) is 0 Å². The number of aliphatic hydroxyl groups is 1. The van der Waals surface area contributed by atoms with E-state index in [1.165, 1.54) is 10.9 Å². The Morgan fingerprint density at radius 3 is 2.88 bits per heavy atom. The van der Waals surface area contributed by atoms with Crippen molar-refractivity contribution in [3.63, 3.8) is 0 Å². The van der Waals surface area contributed by atoms with E-state index in [1.54, 1.807) is 11.2 Å². The van der Waals surface area contributed by atoms with Crippen LogP contribution in [-0.4, -0.2) is 68.3 Å². The highest BCUT2D eigenvalue weighted by molar-refractivity contribution is 6.28. The van der Waals surface area contributed by atoms with Gasteiger partial charge in [0.1, 0.15) is 6.10 Å². The SMILES string of the molecule is CC[C@H]1O[C@@H](n2cnc3c(N=CN(C)C)nc(Cl)nc32)C(F)[C@H]1O. The van der Waals surface area contributed by atoms with Crippen molar-refractivity contribution >= 4 is 34.9 Å². The molecule has 4 atom stereocenters. The van der Waals surface area contributed by atoms with Crippen LogP contribution in [0.1, 0.15) is 19.6 Å². The number of aromatic nitrogens is 4. The summed E-state index contributed by atoms with van der Waals surface area (Å²) in [5.41, 5.74) is 0.681. The summed E-state index contributed by atoms with van der Waals surface area (Å²) in [6.07, 6.45) is -0.933. The van der Waals surface area contributed by atoms with Crippen molar-refractivity contribution < 1.29 is 14.2 Å². The van der Waals surface area contributed by atoms with E-state index < -0.39 is 24.6 Å². The molecule has 2 aromatic rings. The van der Waals surface area contributed by atoms with Crippen LogP contribution in [0.5, 0.6) is 0 Å². The number of hydrogen-bond acceptors (Lipinski definition) is 6. The molecule has 3 heterocycles. The number of ether oxygens (including phenoxy) is 1. The molecule has 1 unspecified atom stereocenters. The first-order valence-corrected chi connectivity index (χ1v) is 7.88. The molecule has 0 saturated carbocycles. The predicted octanol–water partition coefficient (Wildman–Crippen LogP) is 1.71. The average Bonchev–Trinajstić information content (AvgIpc) is 3.07. The molecular formula is C14H18ClFN6O2. The number of alkyl halides is 1. The van der Waals surface area contributed by atoms with E-state index >= 15 is 0 Å². The van der Waals surface area contributed by atoms with E-state index in [2.05, 4.69) is 19.9 Å². The van der Waals surface area contributed by atoms with Crippen LogP contribution in [0, 0.1) is 0 Å². The van der Waals surface area contributed by atoms with Gasteiger partial charge in [0, 0.05) is 14.1 Å². The highest BCUT2D eigenvalue weighted by atomic mass is 35.5. The van der Waals surface area contributed by atoms with Crippen LogP contribution >= 0.6 is 11.6 Å². The maximum atomic E-state index is 14.4. The summed E-state index contributed by atoms with van der Waals surface area (Å²) in [4.78, 5) is 18.3. The molecule has 0 aromatic carbocycles. The normalized spacial score (nSPS) is 27.4. The Balaban J connectivity index is 2.05. The quantitative estimate of drug-likeness (QED) is 0.509. The first-order chi connectivity index (χ1) is 11.4. The zero-order valence-electron chi connectivity index (χ0n) is 13.5. The van der Waals surface area contributed by atoms with Crippen molar-refractivity contribution in [3.05, 3.63) is 11.6 Å². The molecule has 0 spiro atoms. The fourth-order valence-corrected chi connectivity index (χ4v) is 2.75. The van der Waals surface area contributed by atoms with Crippen LogP contribution < -0.4 is 0 Å². The molecule has 0 amide bonds. The van der Waals surface area contributed by atoms with E-state index in [4.69, 9.17) is 16.3 Å². The summed E-state index contributed by atoms with van der Waals surface area (Å²) in [5, 5.41) is 9.90. The van der Waals surface area contributed by atoms with Gasteiger partial charge in [0.25, 0.3) is 0 Å². The summed E-state index contributed by atoms with van der Waals surface area (Å²) in [7, 11) is 3.63. The van der Waals surface area contributed by atoms with Crippen LogP contribution in [0.25, 0.3) is 11.2 Å². The molecule has 3 rings (SSSR count). The molecule has 2 aromatic heterocycles. The van der Waals surface area contributed by atoms with Crippen LogP contribution in [-0.2, 0) is 4.74 Å². The van der Waals surface area contributed by atoms with E-state index in [1.807, 2.05) is 21.0 Å². The standard InChI is InChI=1S/C14H18ClFN6O2/c1-4-7-10(23)8(16)13(24-7)22-6-17-9-11(18-5-21(2)3)19-14(15)20-12(9)22/h5-8,10,13,23H,4H2,1-3H3/t7-,8?,10+,13-/m1/s1. The zero-order valence-corrected chi connectivity index (χ0v) is 14.2. The van der Waals surface area contributed by atoms with Crippen molar-refractivity contribution in [2.24, 2.45) is 4.99 Å². The average molecular weight is 357 g/mol. The third kappa shape index (κ3) is 2.94. The van der Waals surface area contributed by atoms with Gasteiger partial charge >= 0.3 is 0 Å². The number of aliphatic hydroxyl groups excluding tert-OH is 1. The number of imidazole rings is 1. The first-order valence-electron chi connectivity index (χ1n) is 7.50. The summed E-state index contributed by atoms with van der Waals surface area (Å²) >= 11 is 5.96. The van der Waals surface area contributed by atoms with Crippen molar-refractivity contribution in [3.8, 4) is 0 Å². The second-order valence-corrected chi connectivity index (χ2v) is 6.09. The molecule has 1 aliphatic heterocycles. The predicted molar refractivity (Wildman–Crippen MR) is 87.3 cm³/mol. The molecule has 0 radical (unpaired) electrons. The van der Waals surface area contributed by atoms with Gasteiger partial charge < -0.3 is 14.7 Å². The molecule has 1 saturated heterocycles. The number of fused-ring (bicyclic) bond motifs is 1. The Kier molecular flexibility index (Phi) is 4.66. The molecule has 8 nitrogen and oxygen atoms in total. The molecule has 130 valence electrons. The summed E-state index contributed by atoms with van der Waals surface area (Å²) in [6, 6.07) is 0. The number of hydrogen-bond donors (Lipinski definition) is 1. The smallest absolute Gasteiger partial charge is 0.226 e. The van der Waals surface area contributed by atoms with Gasteiger partial charge in [-0.2, -0.15) is 9.97 Å². The van der Waals surface area contributed by atoms with Gasteiger partial charge in [-0.3, -0.25) is 4.57 Å². The van der Waals surface area contributed by atoms with Crippen LogP contribution in [0.4, 0.5) is 10.2 Å². The topological polar surface area (TPSA) is 88.7 Å². The van der Waals surface area contributed by atoms with Crippen molar-refractivity contribution in [2.45, 2.75) is 38.0 Å². The number of rotatable bonds is 4. The maximum Gasteiger partial charge on any atom is 0.226 e. The van der Waals surface area contributed by atoms with Gasteiger partial charge in [-0.15, -0.1) is 0 Å². The highest BCUT2D eigenvalue weighted by Gasteiger charge is 2.44. The number of nitrogens with zero attached hydrogens (tertiary/aromatic N) is 6. The highest BCUT2D eigenvalue weighted by Crippen LogP contribution is 2.35. The Hall–Kier alpha value is -1.84. The second-order valence-electron chi connectivity index (χ2n) is 5.76. The zero-order chi connectivity index (χ0) is 17.4. The van der Waals surface area contributed by atoms with Gasteiger partial charge in [-0.25, -0.2) is 14.4 Å². The van der Waals surface area contributed by atoms with Crippen LogP contribution in [0.15, 0.2) is 11.3 Å². The van der Waals surface area contributed by atoms with Gasteiger partial charge in [0.05, 0.1) is 18.8 Å².